The fourth-order valence-corrected chi connectivity index (χ4v) is 2.38. The lowest BCUT2D eigenvalue weighted by Crippen LogP contribution is -1.84. The molecule has 0 aliphatic carbocycles. The van der Waals surface area contributed by atoms with E-state index in [-0.39, 0.29) is 0 Å². The molecule has 0 bridgehead atoms. The predicted molar refractivity (Wildman–Crippen MR) is 78.3 cm³/mol. The summed E-state index contributed by atoms with van der Waals surface area (Å²) in [4.78, 5) is 4.26. The Bertz CT molecular complexity index is 680. The van der Waals surface area contributed by atoms with Crippen LogP contribution in [0, 0.1) is 6.92 Å². The molecule has 0 unspecified atom stereocenters. The number of benzene rings is 1. The van der Waals surface area contributed by atoms with Gasteiger partial charge in [-0.3, -0.25) is 4.98 Å². The Kier molecular flexibility index (Phi) is 3.78. The van der Waals surface area contributed by atoms with Gasteiger partial charge in [-0.2, -0.15) is 0 Å². The van der Waals surface area contributed by atoms with E-state index in [1.807, 2.05) is 49.4 Å². The minimum absolute atomic E-state index is 0.550. The first-order valence-electron chi connectivity index (χ1n) is 6.24. The highest BCUT2D eigenvalue weighted by Crippen LogP contribution is 2.25. The monoisotopic (exact) mass is 283 g/mol. The van der Waals surface area contributed by atoms with Gasteiger partial charge >= 0.3 is 0 Å². The van der Waals surface area contributed by atoms with Gasteiger partial charge in [0.1, 0.15) is 0 Å². The molecule has 0 saturated carbocycles. The lowest BCUT2D eigenvalue weighted by molar-refractivity contribution is 0.466. The second-order valence-corrected chi connectivity index (χ2v) is 5.28. The van der Waals surface area contributed by atoms with E-state index in [9.17, 15) is 0 Å². The van der Waals surface area contributed by atoms with E-state index < -0.39 is 0 Å². The van der Waals surface area contributed by atoms with Gasteiger partial charge in [-0.25, -0.2) is 0 Å². The van der Waals surface area contributed by atoms with Crippen LogP contribution in [0.4, 0.5) is 0 Å². The lowest BCUT2D eigenvalue weighted by Gasteiger charge is -1.96. The average Bonchev–Trinajstić information content (AvgIpc) is 2.96. The van der Waals surface area contributed by atoms with E-state index in [4.69, 9.17) is 4.42 Å². The van der Waals surface area contributed by atoms with Crippen LogP contribution in [0.3, 0.4) is 0 Å². The van der Waals surface area contributed by atoms with Crippen LogP contribution in [0.2, 0.25) is 0 Å². The summed E-state index contributed by atoms with van der Waals surface area (Å²) in [5.41, 5.74) is 3.14. The molecule has 0 atom stereocenters. The second kappa shape index (κ2) is 5.88. The van der Waals surface area contributed by atoms with E-state index >= 15 is 0 Å². The molecule has 0 fully saturated rings. The molecule has 3 rings (SSSR count). The maximum Gasteiger partial charge on any atom is 0.277 e. The molecule has 0 spiro atoms. The first-order chi connectivity index (χ1) is 9.81. The van der Waals surface area contributed by atoms with E-state index in [1.54, 1.807) is 6.20 Å². The Morgan fingerprint density at radius 2 is 1.90 bits per heavy atom. The molecule has 0 aliphatic heterocycles. The van der Waals surface area contributed by atoms with Gasteiger partial charge in [0.15, 0.2) is 0 Å². The van der Waals surface area contributed by atoms with Gasteiger partial charge in [-0.1, -0.05) is 35.5 Å². The molecule has 0 amide bonds. The van der Waals surface area contributed by atoms with Crippen molar-refractivity contribution in [1.82, 2.24) is 15.2 Å². The summed E-state index contributed by atoms with van der Waals surface area (Å²) in [5, 5.41) is 8.68. The van der Waals surface area contributed by atoms with Crippen LogP contribution >= 0.6 is 11.8 Å². The highest BCUT2D eigenvalue weighted by Gasteiger charge is 2.09. The molecular formula is C15H13N3OS. The third-order valence-corrected chi connectivity index (χ3v) is 3.63. The van der Waals surface area contributed by atoms with Crippen LogP contribution in [-0.4, -0.2) is 15.2 Å². The normalized spacial score (nSPS) is 10.7. The number of nitrogens with zero attached hydrogens (tertiary/aromatic N) is 3. The van der Waals surface area contributed by atoms with Crippen molar-refractivity contribution >= 4 is 11.8 Å². The van der Waals surface area contributed by atoms with Gasteiger partial charge in [0, 0.05) is 17.5 Å². The lowest BCUT2D eigenvalue weighted by atomic mass is 10.1. The SMILES string of the molecule is Cc1ccc(-c2nnc(SCc3ccccn3)o2)cc1. The molecular weight excluding hydrogens is 270 g/mol. The summed E-state index contributed by atoms with van der Waals surface area (Å²) in [5.74, 6) is 1.27. The smallest absolute Gasteiger partial charge is 0.277 e. The van der Waals surface area contributed by atoms with Gasteiger partial charge in [0.05, 0.1) is 5.69 Å². The highest BCUT2D eigenvalue weighted by atomic mass is 32.2. The van der Waals surface area contributed by atoms with Crippen molar-refractivity contribution in [3.05, 3.63) is 59.9 Å². The number of hydrogen-bond acceptors (Lipinski definition) is 5. The zero-order chi connectivity index (χ0) is 13.8. The van der Waals surface area contributed by atoms with Gasteiger partial charge < -0.3 is 4.42 Å². The summed E-state index contributed by atoms with van der Waals surface area (Å²) < 4.78 is 5.64. The third kappa shape index (κ3) is 3.05. The van der Waals surface area contributed by atoms with Crippen LogP contribution in [0.1, 0.15) is 11.3 Å². The summed E-state index contributed by atoms with van der Waals surface area (Å²) >= 11 is 1.49. The van der Waals surface area contributed by atoms with E-state index in [1.165, 1.54) is 17.3 Å². The fraction of sp³-hybridized carbons (Fsp3) is 0.133. The zero-order valence-corrected chi connectivity index (χ0v) is 11.8. The molecule has 0 N–H and O–H groups in total. The van der Waals surface area contributed by atoms with Crippen molar-refractivity contribution in [2.24, 2.45) is 0 Å². The summed E-state index contributed by atoms with van der Waals surface area (Å²) in [6.07, 6.45) is 1.78. The number of aromatic nitrogens is 3. The average molecular weight is 283 g/mol. The van der Waals surface area contributed by atoms with E-state index in [2.05, 4.69) is 15.2 Å². The van der Waals surface area contributed by atoms with Gasteiger partial charge in [-0.05, 0) is 31.2 Å². The summed E-state index contributed by atoms with van der Waals surface area (Å²) in [6.45, 7) is 2.05. The Morgan fingerprint density at radius 1 is 1.05 bits per heavy atom. The van der Waals surface area contributed by atoms with E-state index in [0.717, 1.165) is 17.0 Å². The molecule has 1 aromatic carbocycles. The van der Waals surface area contributed by atoms with Crippen molar-refractivity contribution < 1.29 is 4.42 Å². The Morgan fingerprint density at radius 3 is 2.65 bits per heavy atom. The Hall–Kier alpha value is -2.14. The van der Waals surface area contributed by atoms with Crippen molar-refractivity contribution in [1.29, 1.82) is 0 Å². The minimum Gasteiger partial charge on any atom is -0.411 e. The highest BCUT2D eigenvalue weighted by molar-refractivity contribution is 7.98. The van der Waals surface area contributed by atoms with Crippen molar-refractivity contribution in [3.63, 3.8) is 0 Å². The predicted octanol–water partition coefficient (Wildman–Crippen LogP) is 3.73. The number of hydrogen-bond donors (Lipinski definition) is 0. The molecule has 100 valence electrons. The molecule has 5 heteroatoms. The fourth-order valence-electron chi connectivity index (χ4n) is 1.70. The summed E-state index contributed by atoms with van der Waals surface area (Å²) in [6, 6.07) is 13.9. The third-order valence-electron chi connectivity index (χ3n) is 2.77. The molecule has 4 nitrogen and oxygen atoms in total. The number of thioether (sulfide) groups is 1. The van der Waals surface area contributed by atoms with Gasteiger partial charge in [-0.15, -0.1) is 10.2 Å². The Labute approximate surface area is 121 Å². The molecule has 0 saturated heterocycles. The molecule has 0 aliphatic rings. The van der Waals surface area contributed by atoms with E-state index in [0.29, 0.717) is 11.1 Å². The maximum atomic E-state index is 5.64. The molecule has 3 aromatic rings. The van der Waals surface area contributed by atoms with Crippen molar-refractivity contribution in [2.75, 3.05) is 0 Å². The second-order valence-electron chi connectivity index (χ2n) is 4.35. The summed E-state index contributed by atoms with van der Waals surface area (Å²) in [7, 11) is 0. The minimum atomic E-state index is 0.550. The maximum absolute atomic E-state index is 5.64. The van der Waals surface area contributed by atoms with Crippen molar-refractivity contribution in [2.45, 2.75) is 17.9 Å². The number of aryl methyl sites for hydroxylation is 1. The standard InChI is InChI=1S/C15H13N3OS/c1-11-5-7-12(8-6-11)14-17-18-15(19-14)20-10-13-4-2-3-9-16-13/h2-9H,10H2,1H3. The van der Waals surface area contributed by atoms with Crippen LogP contribution in [-0.2, 0) is 5.75 Å². The topological polar surface area (TPSA) is 51.8 Å². The first-order valence-corrected chi connectivity index (χ1v) is 7.23. The van der Waals surface area contributed by atoms with Crippen LogP contribution in [0.25, 0.3) is 11.5 Å². The first kappa shape index (κ1) is 12.9. The van der Waals surface area contributed by atoms with Gasteiger partial charge in [0.2, 0.25) is 5.89 Å². The number of pyridine rings is 1. The zero-order valence-electron chi connectivity index (χ0n) is 11.0. The molecule has 2 heterocycles. The van der Waals surface area contributed by atoms with Gasteiger partial charge in [0.25, 0.3) is 5.22 Å². The van der Waals surface area contributed by atoms with Crippen molar-refractivity contribution in [3.8, 4) is 11.5 Å². The van der Waals surface area contributed by atoms with Crippen LogP contribution in [0.15, 0.2) is 58.3 Å². The van der Waals surface area contributed by atoms with Crippen LogP contribution in [0.5, 0.6) is 0 Å². The molecule has 0 radical (unpaired) electrons. The quantitative estimate of drug-likeness (QED) is 0.683. The molecule has 20 heavy (non-hydrogen) atoms. The largest absolute Gasteiger partial charge is 0.411 e. The number of rotatable bonds is 4. The molecule has 2 aromatic heterocycles. The van der Waals surface area contributed by atoms with Crippen LogP contribution < -0.4 is 0 Å². The Balaban J connectivity index is 1.69.